The summed E-state index contributed by atoms with van der Waals surface area (Å²) in [6, 6.07) is 31.8. The fraction of sp³-hybridized carbons (Fsp3) is 0.278. The molecule has 0 aromatic heterocycles. The first-order valence-corrected chi connectivity index (χ1v) is 16.4. The van der Waals surface area contributed by atoms with Crippen LogP contribution in [0.5, 0.6) is 0 Å². The number of nitrogens with one attached hydrogen (secondary N) is 1. The first-order chi connectivity index (χ1) is 21.2. The van der Waals surface area contributed by atoms with E-state index in [1.807, 2.05) is 93.6 Å². The number of rotatable bonds is 14. The maximum Gasteiger partial charge on any atom is 0.264 e. The second-order valence-corrected chi connectivity index (χ2v) is 12.8. The van der Waals surface area contributed by atoms with Gasteiger partial charge in [-0.1, -0.05) is 110 Å². The molecule has 0 aliphatic heterocycles. The van der Waals surface area contributed by atoms with Gasteiger partial charge < -0.3 is 10.2 Å². The number of benzene rings is 4. The molecule has 0 saturated carbocycles. The predicted octanol–water partition coefficient (Wildman–Crippen LogP) is 6.06. The molecule has 4 rings (SSSR count). The van der Waals surface area contributed by atoms with Gasteiger partial charge in [0.05, 0.1) is 10.6 Å². The molecule has 1 unspecified atom stereocenters. The largest absolute Gasteiger partial charge is 0.354 e. The van der Waals surface area contributed by atoms with Crippen LogP contribution in [0.2, 0.25) is 0 Å². The van der Waals surface area contributed by atoms with Gasteiger partial charge in [0.15, 0.2) is 0 Å². The highest BCUT2D eigenvalue weighted by Gasteiger charge is 2.35. The van der Waals surface area contributed by atoms with Gasteiger partial charge >= 0.3 is 0 Å². The van der Waals surface area contributed by atoms with Crippen molar-refractivity contribution in [2.24, 2.45) is 0 Å². The van der Waals surface area contributed by atoms with E-state index >= 15 is 0 Å². The summed E-state index contributed by atoms with van der Waals surface area (Å²) in [5, 5.41) is 3.02. The third-order valence-corrected chi connectivity index (χ3v) is 9.30. The molecule has 0 bridgehead atoms. The summed E-state index contributed by atoms with van der Waals surface area (Å²) >= 11 is 0. The van der Waals surface area contributed by atoms with Gasteiger partial charge in [-0.25, -0.2) is 8.42 Å². The van der Waals surface area contributed by atoms with E-state index < -0.39 is 28.5 Å². The number of unbranched alkanes of at least 4 members (excludes halogenated alkanes) is 1. The number of aryl methyl sites for hydroxylation is 2. The molecule has 7 nitrogen and oxygen atoms in total. The Kier molecular flexibility index (Phi) is 11.3. The van der Waals surface area contributed by atoms with E-state index in [1.54, 1.807) is 24.3 Å². The third kappa shape index (κ3) is 8.35. The van der Waals surface area contributed by atoms with Gasteiger partial charge in [0, 0.05) is 19.5 Å². The minimum atomic E-state index is -4.13. The molecule has 4 aromatic rings. The maximum atomic E-state index is 14.5. The lowest BCUT2D eigenvalue weighted by molar-refractivity contribution is -0.140. The van der Waals surface area contributed by atoms with E-state index in [9.17, 15) is 18.0 Å². The highest BCUT2D eigenvalue weighted by Crippen LogP contribution is 2.28. The Balaban J connectivity index is 1.79. The summed E-state index contributed by atoms with van der Waals surface area (Å²) in [4.78, 5) is 29.9. The molecular formula is C36H41N3O4S. The Morgan fingerprint density at radius 1 is 0.795 bits per heavy atom. The van der Waals surface area contributed by atoms with E-state index in [2.05, 4.69) is 5.32 Å². The van der Waals surface area contributed by atoms with Crippen LogP contribution in [0.25, 0.3) is 0 Å². The van der Waals surface area contributed by atoms with E-state index in [-0.39, 0.29) is 23.8 Å². The number of carbonyl (C=O) groups is 2. The Hall–Kier alpha value is -4.43. The zero-order chi connectivity index (χ0) is 31.5. The lowest BCUT2D eigenvalue weighted by atomic mass is 10.0. The second-order valence-electron chi connectivity index (χ2n) is 11.0. The number of amides is 2. The molecule has 1 N–H and O–H groups in total. The average molecular weight is 612 g/mol. The van der Waals surface area contributed by atoms with Crippen molar-refractivity contribution in [3.63, 3.8) is 0 Å². The topological polar surface area (TPSA) is 86.8 Å². The molecule has 0 aliphatic rings. The van der Waals surface area contributed by atoms with Crippen molar-refractivity contribution in [1.82, 2.24) is 10.2 Å². The summed E-state index contributed by atoms with van der Waals surface area (Å²) in [7, 11) is -4.13. The van der Waals surface area contributed by atoms with Gasteiger partial charge in [-0.15, -0.1) is 0 Å². The van der Waals surface area contributed by atoms with Crippen LogP contribution in [0, 0.1) is 13.8 Å². The van der Waals surface area contributed by atoms with Gasteiger partial charge in [0.2, 0.25) is 11.8 Å². The van der Waals surface area contributed by atoms with Crippen LogP contribution < -0.4 is 9.62 Å². The molecule has 0 aliphatic carbocycles. The highest BCUT2D eigenvalue weighted by molar-refractivity contribution is 7.92. The van der Waals surface area contributed by atoms with Crippen molar-refractivity contribution in [2.45, 2.75) is 57.5 Å². The number of carbonyl (C=O) groups excluding carboxylic acids is 2. The molecule has 0 fully saturated rings. The molecule has 2 amide bonds. The minimum absolute atomic E-state index is 0.0838. The SMILES string of the molecule is CCCCNC(=O)C(Cc1ccccc1)N(Cc1ccccc1)C(=O)CN(c1ccc(C)cc1C)S(=O)(=O)c1ccccc1. The minimum Gasteiger partial charge on any atom is -0.354 e. The molecule has 4 aromatic carbocycles. The van der Waals surface area contributed by atoms with Crippen LogP contribution in [0.15, 0.2) is 114 Å². The van der Waals surface area contributed by atoms with E-state index in [0.717, 1.165) is 35.1 Å². The smallest absolute Gasteiger partial charge is 0.264 e. The quantitative estimate of drug-likeness (QED) is 0.176. The van der Waals surface area contributed by atoms with Crippen LogP contribution in [0.4, 0.5) is 5.69 Å². The average Bonchev–Trinajstić information content (AvgIpc) is 3.03. The first-order valence-electron chi connectivity index (χ1n) is 15.0. The van der Waals surface area contributed by atoms with Crippen molar-refractivity contribution in [1.29, 1.82) is 0 Å². The summed E-state index contributed by atoms with van der Waals surface area (Å²) in [5.41, 5.74) is 3.86. The molecule has 0 radical (unpaired) electrons. The third-order valence-electron chi connectivity index (χ3n) is 7.53. The monoisotopic (exact) mass is 611 g/mol. The van der Waals surface area contributed by atoms with Crippen molar-refractivity contribution in [3.05, 3.63) is 131 Å². The number of hydrogen-bond donors (Lipinski definition) is 1. The van der Waals surface area contributed by atoms with Gasteiger partial charge in [-0.3, -0.25) is 13.9 Å². The number of anilines is 1. The van der Waals surface area contributed by atoms with Crippen LogP contribution in [-0.4, -0.2) is 44.3 Å². The maximum absolute atomic E-state index is 14.5. The van der Waals surface area contributed by atoms with Crippen LogP contribution in [-0.2, 0) is 32.6 Å². The molecular weight excluding hydrogens is 570 g/mol. The van der Waals surface area contributed by atoms with Crippen LogP contribution in [0.1, 0.15) is 42.0 Å². The fourth-order valence-corrected chi connectivity index (χ4v) is 6.66. The Bertz CT molecular complexity index is 1630. The Morgan fingerprint density at radius 2 is 1.39 bits per heavy atom. The molecule has 44 heavy (non-hydrogen) atoms. The molecule has 230 valence electrons. The van der Waals surface area contributed by atoms with Gasteiger partial charge in [0.1, 0.15) is 12.6 Å². The van der Waals surface area contributed by atoms with Gasteiger partial charge in [0.25, 0.3) is 10.0 Å². The van der Waals surface area contributed by atoms with E-state index in [4.69, 9.17) is 0 Å². The first kappa shape index (κ1) is 32.5. The highest BCUT2D eigenvalue weighted by atomic mass is 32.2. The van der Waals surface area contributed by atoms with Crippen LogP contribution >= 0.6 is 0 Å². The number of hydrogen-bond acceptors (Lipinski definition) is 4. The Morgan fingerprint density at radius 3 is 1.98 bits per heavy atom. The van der Waals surface area contributed by atoms with E-state index in [1.165, 1.54) is 21.3 Å². The summed E-state index contributed by atoms with van der Waals surface area (Å²) in [6.07, 6.45) is 2.01. The Labute approximate surface area is 261 Å². The molecule has 8 heteroatoms. The molecule has 0 saturated heterocycles. The van der Waals surface area contributed by atoms with Crippen molar-refractivity contribution < 1.29 is 18.0 Å². The zero-order valence-electron chi connectivity index (χ0n) is 25.6. The molecule has 0 heterocycles. The second kappa shape index (κ2) is 15.3. The molecule has 1 atom stereocenters. The standard InChI is InChI=1S/C36H41N3O4S/c1-4-5-23-37-36(41)34(25-30-15-9-6-10-16-30)38(26-31-17-11-7-12-18-31)35(40)27-39(33-22-21-28(2)24-29(33)3)44(42,43)32-19-13-8-14-20-32/h6-22,24,34H,4-5,23,25-27H2,1-3H3,(H,37,41). The summed E-state index contributed by atoms with van der Waals surface area (Å²) < 4.78 is 29.4. The van der Waals surface area contributed by atoms with Crippen molar-refractivity contribution in [2.75, 3.05) is 17.4 Å². The normalized spacial score (nSPS) is 11.9. The zero-order valence-corrected chi connectivity index (χ0v) is 26.5. The lowest BCUT2D eigenvalue weighted by Crippen LogP contribution is -2.53. The summed E-state index contributed by atoms with van der Waals surface area (Å²) in [6.45, 7) is 5.98. The fourth-order valence-electron chi connectivity index (χ4n) is 5.16. The van der Waals surface area contributed by atoms with E-state index in [0.29, 0.717) is 12.2 Å². The van der Waals surface area contributed by atoms with Crippen molar-refractivity contribution in [3.8, 4) is 0 Å². The van der Waals surface area contributed by atoms with Gasteiger partial charge in [-0.05, 0) is 55.2 Å². The summed E-state index contributed by atoms with van der Waals surface area (Å²) in [5.74, 6) is -0.740. The number of nitrogens with zero attached hydrogens (tertiary/aromatic N) is 2. The van der Waals surface area contributed by atoms with Crippen LogP contribution in [0.3, 0.4) is 0 Å². The lowest BCUT2D eigenvalue weighted by Gasteiger charge is -2.34. The molecule has 0 spiro atoms. The van der Waals surface area contributed by atoms with Crippen molar-refractivity contribution >= 4 is 27.5 Å². The van der Waals surface area contributed by atoms with Gasteiger partial charge in [-0.2, -0.15) is 0 Å². The predicted molar refractivity (Wildman–Crippen MR) is 176 cm³/mol. The number of sulfonamides is 1.